The van der Waals surface area contributed by atoms with Crippen LogP contribution in [-0.2, 0) is 16.4 Å². The van der Waals surface area contributed by atoms with Crippen molar-refractivity contribution in [2.75, 3.05) is 13.1 Å². The minimum atomic E-state index is -3.73. The molecule has 0 radical (unpaired) electrons. The highest BCUT2D eigenvalue weighted by Gasteiger charge is 2.32. The number of hydrogen-bond donors (Lipinski definition) is 0. The van der Waals surface area contributed by atoms with E-state index in [1.807, 2.05) is 0 Å². The van der Waals surface area contributed by atoms with Gasteiger partial charge in [-0.15, -0.1) is 0 Å². The second-order valence-corrected chi connectivity index (χ2v) is 9.38. The van der Waals surface area contributed by atoms with Gasteiger partial charge in [0, 0.05) is 19.5 Å². The zero-order valence-corrected chi connectivity index (χ0v) is 17.2. The third-order valence-corrected chi connectivity index (χ3v) is 7.31. The fraction of sp³-hybridized carbons (Fsp3) is 0.333. The standard InChI is InChI=1S/C21H21F2N3O3S/c1-14-11-16(22)8-9-19(14)30(27,28)26-10-4-5-15(13-26)12-20-24-21(25-29-20)17-6-2-3-7-18(17)23/h2-3,6-9,11,15H,4-5,10,12-13H2,1H3/t15-/m0/s1. The molecular formula is C21H21F2N3O3S. The van der Waals surface area contributed by atoms with Crippen LogP contribution in [0.1, 0.15) is 24.3 Å². The number of hydrogen-bond acceptors (Lipinski definition) is 5. The van der Waals surface area contributed by atoms with Crippen molar-refractivity contribution in [3.8, 4) is 11.4 Å². The van der Waals surface area contributed by atoms with E-state index in [2.05, 4.69) is 10.1 Å². The van der Waals surface area contributed by atoms with Crippen LogP contribution < -0.4 is 0 Å². The monoisotopic (exact) mass is 433 g/mol. The zero-order chi connectivity index (χ0) is 21.3. The van der Waals surface area contributed by atoms with E-state index in [4.69, 9.17) is 4.52 Å². The van der Waals surface area contributed by atoms with Gasteiger partial charge in [0.05, 0.1) is 10.5 Å². The first-order valence-electron chi connectivity index (χ1n) is 9.68. The Hall–Kier alpha value is -2.65. The van der Waals surface area contributed by atoms with Crippen molar-refractivity contribution in [1.82, 2.24) is 14.4 Å². The molecule has 1 aliphatic heterocycles. The van der Waals surface area contributed by atoms with Gasteiger partial charge in [-0.25, -0.2) is 17.2 Å². The van der Waals surface area contributed by atoms with Gasteiger partial charge < -0.3 is 4.52 Å². The summed E-state index contributed by atoms with van der Waals surface area (Å²) in [5.41, 5.74) is 0.635. The normalized spacial score (nSPS) is 17.9. The summed E-state index contributed by atoms with van der Waals surface area (Å²) in [5, 5.41) is 3.85. The summed E-state index contributed by atoms with van der Waals surface area (Å²) in [6.07, 6.45) is 1.90. The highest BCUT2D eigenvalue weighted by Crippen LogP contribution is 2.28. The SMILES string of the molecule is Cc1cc(F)ccc1S(=O)(=O)N1CCC[C@@H](Cc2nc(-c3ccccc3F)no2)C1. The molecule has 0 saturated carbocycles. The molecule has 0 spiro atoms. The maximum atomic E-state index is 13.9. The quantitative estimate of drug-likeness (QED) is 0.609. The van der Waals surface area contributed by atoms with Gasteiger partial charge in [0.2, 0.25) is 21.7 Å². The van der Waals surface area contributed by atoms with E-state index < -0.39 is 21.7 Å². The highest BCUT2D eigenvalue weighted by molar-refractivity contribution is 7.89. The van der Waals surface area contributed by atoms with Gasteiger partial charge in [-0.2, -0.15) is 9.29 Å². The molecule has 1 saturated heterocycles. The Kier molecular flexibility index (Phi) is 5.66. The lowest BCUT2D eigenvalue weighted by atomic mass is 9.96. The number of halogens is 2. The molecule has 158 valence electrons. The van der Waals surface area contributed by atoms with E-state index in [0.29, 0.717) is 37.4 Å². The van der Waals surface area contributed by atoms with Gasteiger partial charge in [-0.1, -0.05) is 17.3 Å². The summed E-state index contributed by atoms with van der Waals surface area (Å²) in [6.45, 7) is 2.29. The molecule has 0 bridgehead atoms. The van der Waals surface area contributed by atoms with Crippen molar-refractivity contribution in [2.45, 2.75) is 31.1 Å². The van der Waals surface area contributed by atoms with E-state index in [1.165, 1.54) is 22.5 Å². The molecule has 0 amide bonds. The summed E-state index contributed by atoms with van der Waals surface area (Å²) in [6, 6.07) is 9.86. The van der Waals surface area contributed by atoms with Gasteiger partial charge in [-0.3, -0.25) is 0 Å². The molecule has 1 atom stereocenters. The Labute approximate surface area is 173 Å². The number of nitrogens with zero attached hydrogens (tertiary/aromatic N) is 3. The molecule has 0 aliphatic carbocycles. The van der Waals surface area contributed by atoms with E-state index in [9.17, 15) is 17.2 Å². The minimum Gasteiger partial charge on any atom is -0.339 e. The first-order valence-corrected chi connectivity index (χ1v) is 11.1. The van der Waals surface area contributed by atoms with E-state index >= 15 is 0 Å². The molecule has 4 rings (SSSR count). The highest BCUT2D eigenvalue weighted by atomic mass is 32.2. The molecule has 3 aromatic rings. The van der Waals surface area contributed by atoms with Gasteiger partial charge in [0.25, 0.3) is 0 Å². The smallest absolute Gasteiger partial charge is 0.243 e. The van der Waals surface area contributed by atoms with Crippen LogP contribution in [0, 0.1) is 24.5 Å². The Bertz CT molecular complexity index is 1160. The third-order valence-electron chi connectivity index (χ3n) is 5.28. The summed E-state index contributed by atoms with van der Waals surface area (Å²) >= 11 is 0. The summed E-state index contributed by atoms with van der Waals surface area (Å²) < 4.78 is 60.1. The van der Waals surface area contributed by atoms with Crippen molar-refractivity contribution >= 4 is 10.0 Å². The minimum absolute atomic E-state index is 0.0109. The second kappa shape index (κ2) is 8.23. The summed E-state index contributed by atoms with van der Waals surface area (Å²) in [7, 11) is -3.73. The first-order chi connectivity index (χ1) is 14.3. The lowest BCUT2D eigenvalue weighted by molar-refractivity contribution is 0.247. The number of sulfonamides is 1. The van der Waals surface area contributed by atoms with Crippen LogP contribution in [0.15, 0.2) is 51.9 Å². The van der Waals surface area contributed by atoms with Crippen LogP contribution in [0.25, 0.3) is 11.4 Å². The Morgan fingerprint density at radius 3 is 2.77 bits per heavy atom. The van der Waals surface area contributed by atoms with E-state index in [0.717, 1.165) is 12.5 Å². The first kappa shape index (κ1) is 20.6. The number of piperidine rings is 1. The predicted molar refractivity (Wildman–Crippen MR) is 106 cm³/mol. The summed E-state index contributed by atoms with van der Waals surface area (Å²) in [5.74, 6) is -0.400. The Balaban J connectivity index is 1.49. The average Bonchev–Trinajstić information content (AvgIpc) is 3.16. The number of benzene rings is 2. The van der Waals surface area contributed by atoms with Gasteiger partial charge >= 0.3 is 0 Å². The van der Waals surface area contributed by atoms with Gasteiger partial charge in [0.1, 0.15) is 11.6 Å². The van der Waals surface area contributed by atoms with Crippen molar-refractivity contribution in [2.24, 2.45) is 5.92 Å². The lowest BCUT2D eigenvalue weighted by Gasteiger charge is -2.31. The average molecular weight is 433 g/mol. The fourth-order valence-electron chi connectivity index (χ4n) is 3.79. The molecule has 9 heteroatoms. The summed E-state index contributed by atoms with van der Waals surface area (Å²) in [4.78, 5) is 4.39. The van der Waals surface area contributed by atoms with Crippen molar-refractivity contribution in [3.05, 3.63) is 65.6 Å². The van der Waals surface area contributed by atoms with Crippen molar-refractivity contribution in [1.29, 1.82) is 0 Å². The maximum Gasteiger partial charge on any atom is 0.243 e. The number of aryl methyl sites for hydroxylation is 1. The molecule has 1 aromatic heterocycles. The van der Waals surface area contributed by atoms with Gasteiger partial charge in [0.15, 0.2) is 0 Å². The van der Waals surface area contributed by atoms with Crippen molar-refractivity contribution in [3.63, 3.8) is 0 Å². The van der Waals surface area contributed by atoms with Crippen molar-refractivity contribution < 1.29 is 21.7 Å². The second-order valence-electron chi connectivity index (χ2n) is 7.48. The van der Waals surface area contributed by atoms with Crippen LogP contribution in [0.2, 0.25) is 0 Å². The van der Waals surface area contributed by atoms with Crippen LogP contribution in [0.3, 0.4) is 0 Å². The molecule has 2 heterocycles. The molecule has 2 aromatic carbocycles. The maximum absolute atomic E-state index is 13.9. The molecule has 0 unspecified atom stereocenters. The van der Waals surface area contributed by atoms with Crippen LogP contribution >= 0.6 is 0 Å². The zero-order valence-electron chi connectivity index (χ0n) is 16.4. The van der Waals surface area contributed by atoms with Crippen LogP contribution in [0.4, 0.5) is 8.78 Å². The van der Waals surface area contributed by atoms with E-state index in [1.54, 1.807) is 25.1 Å². The molecule has 30 heavy (non-hydrogen) atoms. The third kappa shape index (κ3) is 4.13. The number of rotatable bonds is 5. The molecular weight excluding hydrogens is 412 g/mol. The molecule has 0 N–H and O–H groups in total. The van der Waals surface area contributed by atoms with Crippen LogP contribution in [0.5, 0.6) is 0 Å². The predicted octanol–water partition coefficient (Wildman–Crippen LogP) is 3.97. The Morgan fingerprint density at radius 1 is 1.20 bits per heavy atom. The largest absolute Gasteiger partial charge is 0.339 e. The molecule has 6 nitrogen and oxygen atoms in total. The number of aromatic nitrogens is 2. The molecule has 1 aliphatic rings. The molecule has 1 fully saturated rings. The van der Waals surface area contributed by atoms with Crippen LogP contribution in [-0.4, -0.2) is 36.0 Å². The van der Waals surface area contributed by atoms with Gasteiger partial charge in [-0.05, 0) is 61.6 Å². The van der Waals surface area contributed by atoms with E-state index in [-0.39, 0.29) is 22.2 Å². The lowest BCUT2D eigenvalue weighted by Crippen LogP contribution is -2.40. The Morgan fingerprint density at radius 2 is 2.00 bits per heavy atom. The fourth-order valence-corrected chi connectivity index (χ4v) is 5.55. The topological polar surface area (TPSA) is 76.3 Å².